The van der Waals surface area contributed by atoms with E-state index in [4.69, 9.17) is 11.6 Å². The van der Waals surface area contributed by atoms with Crippen molar-refractivity contribution >= 4 is 28.7 Å². The van der Waals surface area contributed by atoms with Gasteiger partial charge in [0.15, 0.2) is 11.6 Å². The fourth-order valence-corrected chi connectivity index (χ4v) is 4.48. The summed E-state index contributed by atoms with van der Waals surface area (Å²) in [5.74, 6) is -0.125. The number of aromatic nitrogens is 1. The first-order valence-corrected chi connectivity index (χ1v) is 10.4. The molecule has 0 N–H and O–H groups in total. The Morgan fingerprint density at radius 1 is 0.931 bits per heavy atom. The predicted octanol–water partition coefficient (Wildman–Crippen LogP) is 6.25. The van der Waals surface area contributed by atoms with Crippen LogP contribution in [0.25, 0.3) is 16.7 Å². The minimum Gasteiger partial charge on any atom is -0.298 e. The number of ketones is 2. The van der Waals surface area contributed by atoms with E-state index in [0.717, 1.165) is 39.9 Å². The molecule has 0 atom stereocenters. The van der Waals surface area contributed by atoms with Crippen molar-refractivity contribution in [3.63, 3.8) is 0 Å². The van der Waals surface area contributed by atoms with Crippen LogP contribution in [0.4, 0.5) is 0 Å². The first-order chi connectivity index (χ1) is 13.4. The van der Waals surface area contributed by atoms with Gasteiger partial charge in [-0.05, 0) is 88.4 Å². The van der Waals surface area contributed by atoms with Crippen LogP contribution in [0.5, 0.6) is 0 Å². The van der Waals surface area contributed by atoms with Crippen molar-refractivity contribution in [3.05, 3.63) is 57.9 Å². The van der Waals surface area contributed by atoms with E-state index >= 15 is 0 Å². The van der Waals surface area contributed by atoms with Gasteiger partial charge in [0, 0.05) is 22.2 Å². The second kappa shape index (κ2) is 7.21. The van der Waals surface area contributed by atoms with Gasteiger partial charge in [0.05, 0.1) is 5.41 Å². The minimum absolute atomic E-state index is 0.0248. The van der Waals surface area contributed by atoms with Crippen LogP contribution in [-0.4, -0.2) is 16.6 Å². The minimum atomic E-state index is -1.04. The summed E-state index contributed by atoms with van der Waals surface area (Å²) in [6.07, 6.45) is 0.798. The highest BCUT2D eigenvalue weighted by Gasteiger charge is 2.51. The van der Waals surface area contributed by atoms with Crippen molar-refractivity contribution in [1.82, 2.24) is 4.98 Å². The lowest BCUT2D eigenvalue weighted by Gasteiger charge is -2.40. The molecule has 0 radical (unpaired) electrons. The summed E-state index contributed by atoms with van der Waals surface area (Å²) < 4.78 is 0. The summed E-state index contributed by atoms with van der Waals surface area (Å²) in [5.41, 5.74) is 4.59. The molecule has 4 heteroatoms. The molecule has 29 heavy (non-hydrogen) atoms. The molecule has 0 saturated heterocycles. The van der Waals surface area contributed by atoms with Gasteiger partial charge in [0.1, 0.15) is 5.15 Å². The summed E-state index contributed by atoms with van der Waals surface area (Å²) in [7, 11) is 0. The summed E-state index contributed by atoms with van der Waals surface area (Å²) in [4.78, 5) is 30.8. The van der Waals surface area contributed by atoms with Gasteiger partial charge in [0.2, 0.25) is 0 Å². The number of allylic oxidation sites excluding steroid dienone is 2. The highest BCUT2D eigenvalue weighted by Crippen LogP contribution is 2.48. The zero-order valence-electron chi connectivity index (χ0n) is 18.2. The van der Waals surface area contributed by atoms with Crippen LogP contribution in [0.3, 0.4) is 0 Å². The maximum absolute atomic E-state index is 13.5. The number of halogens is 1. The lowest BCUT2D eigenvalue weighted by atomic mass is 9.60. The summed E-state index contributed by atoms with van der Waals surface area (Å²) in [6, 6.07) is 9.93. The second-order valence-electron chi connectivity index (χ2n) is 8.90. The number of Topliss-reactive ketones (excluding diaryl/α,β-unsaturated/α-hetero) is 2. The smallest absolute Gasteiger partial charge is 0.176 e. The molecule has 1 aromatic carbocycles. The molecule has 3 rings (SSSR count). The molecule has 0 aliphatic heterocycles. The lowest BCUT2D eigenvalue weighted by molar-refractivity contribution is -0.141. The standard InChI is InChI=1S/C25H28ClNO2/c1-8-16-9-10-17(18-11-12-20(26)27-15(18)3)13-19(16)21-14(2)24(4,5)23(29)25(6,7)22(21)28/h9-13H,8H2,1-7H3. The molecule has 152 valence electrons. The number of rotatable bonds is 3. The van der Waals surface area contributed by atoms with Crippen molar-refractivity contribution < 1.29 is 9.59 Å². The normalized spacial score (nSPS) is 18.3. The van der Waals surface area contributed by atoms with Gasteiger partial charge < -0.3 is 0 Å². The fraction of sp³-hybridized carbons (Fsp3) is 0.400. The summed E-state index contributed by atoms with van der Waals surface area (Å²) in [6.45, 7) is 13.3. The van der Waals surface area contributed by atoms with Gasteiger partial charge >= 0.3 is 0 Å². The largest absolute Gasteiger partial charge is 0.298 e. The monoisotopic (exact) mass is 409 g/mol. The number of hydrogen-bond acceptors (Lipinski definition) is 3. The average Bonchev–Trinajstić information content (AvgIpc) is 2.66. The van der Waals surface area contributed by atoms with Crippen molar-refractivity contribution in [2.75, 3.05) is 0 Å². The molecule has 0 saturated carbocycles. The van der Waals surface area contributed by atoms with Crippen LogP contribution < -0.4 is 0 Å². The summed E-state index contributed by atoms with van der Waals surface area (Å²) in [5, 5.41) is 0.458. The highest BCUT2D eigenvalue weighted by molar-refractivity contribution is 6.34. The van der Waals surface area contributed by atoms with Crippen LogP contribution in [0, 0.1) is 17.8 Å². The van der Waals surface area contributed by atoms with Crippen molar-refractivity contribution in [3.8, 4) is 11.1 Å². The predicted molar refractivity (Wildman–Crippen MR) is 119 cm³/mol. The Bertz CT molecular complexity index is 1060. The number of carbonyl (C=O) groups is 2. The van der Waals surface area contributed by atoms with Crippen LogP contribution in [0.1, 0.15) is 58.4 Å². The molecule has 1 aromatic heterocycles. The number of pyridine rings is 1. The van der Waals surface area contributed by atoms with E-state index in [9.17, 15) is 9.59 Å². The SMILES string of the molecule is CCc1ccc(-c2ccc(Cl)nc2C)cc1C1=C(C)C(C)(C)C(=O)C(C)(C)C1=O. The van der Waals surface area contributed by atoms with Gasteiger partial charge in [-0.25, -0.2) is 4.98 Å². The van der Waals surface area contributed by atoms with Crippen molar-refractivity contribution in [2.45, 2.75) is 54.9 Å². The van der Waals surface area contributed by atoms with E-state index in [0.29, 0.717) is 10.7 Å². The lowest BCUT2D eigenvalue weighted by Crippen LogP contribution is -2.47. The number of carbonyl (C=O) groups excluding carboxylic acids is 2. The zero-order valence-corrected chi connectivity index (χ0v) is 19.0. The molecule has 1 aliphatic carbocycles. The Morgan fingerprint density at radius 2 is 1.59 bits per heavy atom. The van der Waals surface area contributed by atoms with E-state index in [2.05, 4.69) is 30.1 Å². The van der Waals surface area contributed by atoms with Crippen LogP contribution in [-0.2, 0) is 16.0 Å². The van der Waals surface area contributed by atoms with Crippen LogP contribution in [0.2, 0.25) is 5.15 Å². The third-order valence-electron chi connectivity index (χ3n) is 6.37. The van der Waals surface area contributed by atoms with Gasteiger partial charge in [-0.2, -0.15) is 0 Å². The van der Waals surface area contributed by atoms with Crippen LogP contribution >= 0.6 is 11.6 Å². The second-order valence-corrected chi connectivity index (χ2v) is 9.29. The summed E-state index contributed by atoms with van der Waals surface area (Å²) >= 11 is 6.02. The van der Waals surface area contributed by atoms with E-state index in [1.165, 1.54) is 0 Å². The molecular weight excluding hydrogens is 382 g/mol. The number of nitrogens with zero attached hydrogens (tertiary/aromatic N) is 1. The fourth-order valence-electron chi connectivity index (χ4n) is 4.29. The van der Waals surface area contributed by atoms with Gasteiger partial charge in [0.25, 0.3) is 0 Å². The van der Waals surface area contributed by atoms with Gasteiger partial charge in [-0.15, -0.1) is 0 Å². The molecule has 2 aromatic rings. The molecule has 0 spiro atoms. The Hall–Kier alpha value is -2.26. The third kappa shape index (κ3) is 3.36. The van der Waals surface area contributed by atoms with Gasteiger partial charge in [-0.3, -0.25) is 9.59 Å². The number of benzene rings is 1. The molecule has 0 unspecified atom stereocenters. The average molecular weight is 410 g/mol. The maximum atomic E-state index is 13.5. The highest BCUT2D eigenvalue weighted by atomic mass is 35.5. The first-order valence-electron chi connectivity index (χ1n) is 10.0. The molecule has 1 aliphatic rings. The molecular formula is C25H28ClNO2. The zero-order chi connectivity index (χ0) is 21.7. The molecule has 1 heterocycles. The molecule has 0 bridgehead atoms. The number of hydrogen-bond donors (Lipinski definition) is 0. The quantitative estimate of drug-likeness (QED) is 0.444. The van der Waals surface area contributed by atoms with Crippen molar-refractivity contribution in [2.24, 2.45) is 10.8 Å². The van der Waals surface area contributed by atoms with Gasteiger partial charge in [-0.1, -0.05) is 30.7 Å². The Morgan fingerprint density at radius 3 is 2.17 bits per heavy atom. The maximum Gasteiger partial charge on any atom is 0.176 e. The van der Waals surface area contributed by atoms with E-state index in [1.54, 1.807) is 19.9 Å². The van der Waals surface area contributed by atoms with E-state index in [-0.39, 0.29) is 11.6 Å². The molecule has 0 amide bonds. The molecule has 0 fully saturated rings. The van der Waals surface area contributed by atoms with E-state index < -0.39 is 10.8 Å². The van der Waals surface area contributed by atoms with E-state index in [1.807, 2.05) is 33.8 Å². The topological polar surface area (TPSA) is 47.0 Å². The Balaban J connectivity index is 2.31. The Labute approximate surface area is 178 Å². The third-order valence-corrected chi connectivity index (χ3v) is 6.58. The first kappa shape index (κ1) is 21.4. The van der Waals surface area contributed by atoms with Crippen molar-refractivity contribution in [1.29, 1.82) is 0 Å². The number of aryl methyl sites for hydroxylation is 2. The van der Waals surface area contributed by atoms with Crippen LogP contribution in [0.15, 0.2) is 35.9 Å². The Kier molecular flexibility index (Phi) is 5.33. The molecule has 3 nitrogen and oxygen atoms in total.